The summed E-state index contributed by atoms with van der Waals surface area (Å²) in [6, 6.07) is 5.07. The molecule has 1 fully saturated rings. The molecular formula is C13H19FN2O. The monoisotopic (exact) mass is 238 g/mol. The van der Waals surface area contributed by atoms with Gasteiger partial charge in [0, 0.05) is 26.2 Å². The Balaban J connectivity index is 2.18. The van der Waals surface area contributed by atoms with Gasteiger partial charge in [-0.2, -0.15) is 0 Å². The van der Waals surface area contributed by atoms with Crippen molar-refractivity contribution in [1.29, 1.82) is 0 Å². The normalized spacial score (nSPS) is 19.2. The molecule has 0 unspecified atom stereocenters. The largest absolute Gasteiger partial charge is 0.394 e. The molecule has 0 aliphatic carbocycles. The summed E-state index contributed by atoms with van der Waals surface area (Å²) in [6.07, 6.45) is 0. The molecule has 94 valence electrons. The Labute approximate surface area is 101 Å². The van der Waals surface area contributed by atoms with E-state index in [0.717, 1.165) is 31.7 Å². The number of piperazine rings is 1. The molecule has 0 spiro atoms. The predicted octanol–water partition coefficient (Wildman–Crippen LogP) is 1.07. The summed E-state index contributed by atoms with van der Waals surface area (Å²) in [5.41, 5.74) is 1.63. The number of benzene rings is 1. The minimum absolute atomic E-state index is 0.0172. The summed E-state index contributed by atoms with van der Waals surface area (Å²) >= 11 is 0. The van der Waals surface area contributed by atoms with Crippen LogP contribution in [0.25, 0.3) is 0 Å². The van der Waals surface area contributed by atoms with E-state index in [0.29, 0.717) is 5.56 Å². The molecule has 1 heterocycles. The summed E-state index contributed by atoms with van der Waals surface area (Å²) in [7, 11) is 0. The minimum atomic E-state index is -0.189. The fourth-order valence-corrected chi connectivity index (χ4v) is 2.30. The van der Waals surface area contributed by atoms with Crippen LogP contribution in [0, 0.1) is 12.7 Å². The van der Waals surface area contributed by atoms with Crippen LogP contribution in [-0.2, 0) is 0 Å². The van der Waals surface area contributed by atoms with E-state index in [4.69, 9.17) is 0 Å². The maximum Gasteiger partial charge on any atom is 0.126 e. The summed E-state index contributed by atoms with van der Waals surface area (Å²) in [5.74, 6) is -0.189. The first-order valence-corrected chi connectivity index (χ1v) is 6.04. The van der Waals surface area contributed by atoms with E-state index in [1.165, 1.54) is 6.07 Å². The van der Waals surface area contributed by atoms with Crippen molar-refractivity contribution in [2.24, 2.45) is 0 Å². The number of aryl methyl sites for hydroxylation is 1. The van der Waals surface area contributed by atoms with Crippen LogP contribution >= 0.6 is 0 Å². The third-order valence-corrected chi connectivity index (χ3v) is 3.33. The van der Waals surface area contributed by atoms with Gasteiger partial charge in [-0.25, -0.2) is 4.39 Å². The van der Waals surface area contributed by atoms with Crippen LogP contribution in [0.1, 0.15) is 17.2 Å². The number of halogens is 1. The van der Waals surface area contributed by atoms with Crippen LogP contribution in [0.5, 0.6) is 0 Å². The number of hydrogen-bond acceptors (Lipinski definition) is 3. The van der Waals surface area contributed by atoms with Crippen LogP contribution in [0.2, 0.25) is 0 Å². The molecule has 3 nitrogen and oxygen atoms in total. The molecule has 1 aromatic carbocycles. The predicted molar refractivity (Wildman–Crippen MR) is 65.4 cm³/mol. The Kier molecular flexibility index (Phi) is 4.10. The molecule has 1 aromatic rings. The standard InChI is InChI=1S/C13H19FN2O/c1-10-8-11(2-3-12(10)14)13(9-17)16-6-4-15-5-7-16/h2-3,8,13,15,17H,4-7,9H2,1H3/t13-/m1/s1. The second-order valence-corrected chi connectivity index (χ2v) is 4.49. The molecule has 4 heteroatoms. The Morgan fingerprint density at radius 1 is 1.41 bits per heavy atom. The van der Waals surface area contributed by atoms with E-state index < -0.39 is 0 Å². The Morgan fingerprint density at radius 3 is 2.71 bits per heavy atom. The maximum absolute atomic E-state index is 13.2. The average Bonchev–Trinajstić information content (AvgIpc) is 2.36. The molecule has 0 amide bonds. The first kappa shape index (κ1) is 12.5. The average molecular weight is 238 g/mol. The second kappa shape index (κ2) is 5.58. The fraction of sp³-hybridized carbons (Fsp3) is 0.538. The van der Waals surface area contributed by atoms with E-state index in [1.807, 2.05) is 6.07 Å². The lowest BCUT2D eigenvalue weighted by Crippen LogP contribution is -2.46. The number of rotatable bonds is 3. The van der Waals surface area contributed by atoms with Gasteiger partial charge in [-0.1, -0.05) is 12.1 Å². The molecule has 1 saturated heterocycles. The second-order valence-electron chi connectivity index (χ2n) is 4.49. The first-order chi connectivity index (χ1) is 8.22. The van der Waals surface area contributed by atoms with E-state index in [1.54, 1.807) is 13.0 Å². The highest BCUT2D eigenvalue weighted by atomic mass is 19.1. The number of aliphatic hydroxyl groups is 1. The topological polar surface area (TPSA) is 35.5 Å². The van der Waals surface area contributed by atoms with Crippen LogP contribution in [-0.4, -0.2) is 42.8 Å². The van der Waals surface area contributed by atoms with Crippen molar-refractivity contribution in [1.82, 2.24) is 10.2 Å². The van der Waals surface area contributed by atoms with E-state index in [2.05, 4.69) is 10.2 Å². The molecule has 2 rings (SSSR count). The van der Waals surface area contributed by atoms with E-state index >= 15 is 0 Å². The van der Waals surface area contributed by atoms with Crippen LogP contribution in [0.15, 0.2) is 18.2 Å². The number of nitrogens with one attached hydrogen (secondary N) is 1. The highest BCUT2D eigenvalue weighted by Crippen LogP contribution is 2.22. The van der Waals surface area contributed by atoms with Crippen molar-refractivity contribution in [3.05, 3.63) is 35.1 Å². The Morgan fingerprint density at radius 2 is 2.12 bits per heavy atom. The van der Waals surface area contributed by atoms with Crippen molar-refractivity contribution in [3.63, 3.8) is 0 Å². The van der Waals surface area contributed by atoms with Crippen LogP contribution in [0.3, 0.4) is 0 Å². The number of nitrogens with zero attached hydrogens (tertiary/aromatic N) is 1. The zero-order chi connectivity index (χ0) is 12.3. The summed E-state index contributed by atoms with van der Waals surface area (Å²) in [5, 5.41) is 12.8. The fourth-order valence-electron chi connectivity index (χ4n) is 2.30. The zero-order valence-electron chi connectivity index (χ0n) is 10.1. The summed E-state index contributed by atoms with van der Waals surface area (Å²) in [6.45, 7) is 5.55. The smallest absolute Gasteiger partial charge is 0.126 e. The van der Waals surface area contributed by atoms with Gasteiger partial charge in [0.2, 0.25) is 0 Å². The molecule has 1 atom stereocenters. The molecule has 17 heavy (non-hydrogen) atoms. The molecule has 0 radical (unpaired) electrons. The van der Waals surface area contributed by atoms with Gasteiger partial charge in [0.15, 0.2) is 0 Å². The molecule has 1 aliphatic heterocycles. The molecule has 0 bridgehead atoms. The summed E-state index contributed by atoms with van der Waals surface area (Å²) in [4.78, 5) is 2.24. The molecular weight excluding hydrogens is 219 g/mol. The van der Waals surface area contributed by atoms with Crippen molar-refractivity contribution in [2.75, 3.05) is 32.8 Å². The third-order valence-electron chi connectivity index (χ3n) is 3.33. The van der Waals surface area contributed by atoms with Gasteiger partial charge >= 0.3 is 0 Å². The molecule has 0 aromatic heterocycles. The van der Waals surface area contributed by atoms with Crippen molar-refractivity contribution in [3.8, 4) is 0 Å². The molecule has 2 N–H and O–H groups in total. The van der Waals surface area contributed by atoms with Gasteiger partial charge in [-0.3, -0.25) is 4.90 Å². The van der Waals surface area contributed by atoms with Gasteiger partial charge in [0.1, 0.15) is 5.82 Å². The quantitative estimate of drug-likeness (QED) is 0.827. The van der Waals surface area contributed by atoms with E-state index in [-0.39, 0.29) is 18.5 Å². The van der Waals surface area contributed by atoms with Gasteiger partial charge in [0.05, 0.1) is 12.6 Å². The number of aliphatic hydroxyl groups excluding tert-OH is 1. The minimum Gasteiger partial charge on any atom is -0.394 e. The number of hydrogen-bond donors (Lipinski definition) is 2. The maximum atomic E-state index is 13.2. The summed E-state index contributed by atoms with van der Waals surface area (Å²) < 4.78 is 13.2. The van der Waals surface area contributed by atoms with Gasteiger partial charge in [-0.05, 0) is 24.1 Å². The van der Waals surface area contributed by atoms with Crippen LogP contribution in [0.4, 0.5) is 4.39 Å². The third kappa shape index (κ3) is 2.83. The van der Waals surface area contributed by atoms with Crippen molar-refractivity contribution >= 4 is 0 Å². The highest BCUT2D eigenvalue weighted by Gasteiger charge is 2.21. The Hall–Kier alpha value is -0.970. The lowest BCUT2D eigenvalue weighted by molar-refractivity contribution is 0.111. The SMILES string of the molecule is Cc1cc([C@@H](CO)N2CCNCC2)ccc1F. The lowest BCUT2D eigenvalue weighted by Gasteiger charge is -2.34. The van der Waals surface area contributed by atoms with Crippen molar-refractivity contribution < 1.29 is 9.50 Å². The van der Waals surface area contributed by atoms with Gasteiger partial charge < -0.3 is 10.4 Å². The van der Waals surface area contributed by atoms with Crippen molar-refractivity contribution in [2.45, 2.75) is 13.0 Å². The Bertz CT molecular complexity index is 378. The highest BCUT2D eigenvalue weighted by molar-refractivity contribution is 5.26. The van der Waals surface area contributed by atoms with Gasteiger partial charge in [-0.15, -0.1) is 0 Å². The van der Waals surface area contributed by atoms with Crippen LogP contribution < -0.4 is 5.32 Å². The lowest BCUT2D eigenvalue weighted by atomic mass is 10.0. The van der Waals surface area contributed by atoms with E-state index in [9.17, 15) is 9.50 Å². The molecule has 1 aliphatic rings. The zero-order valence-corrected chi connectivity index (χ0v) is 10.1. The van der Waals surface area contributed by atoms with Gasteiger partial charge in [0.25, 0.3) is 0 Å². The molecule has 0 saturated carbocycles. The first-order valence-electron chi connectivity index (χ1n) is 6.04.